The molecule has 1 heterocycles. The number of nitrogens with one attached hydrogen (secondary N) is 2. The highest BCUT2D eigenvalue weighted by Gasteiger charge is 2.34. The van der Waals surface area contributed by atoms with Gasteiger partial charge in [0.1, 0.15) is 11.9 Å². The number of ether oxygens (including phenoxy) is 2. The van der Waals surface area contributed by atoms with Gasteiger partial charge in [0.15, 0.2) is 5.96 Å². The first-order chi connectivity index (χ1) is 12.4. The summed E-state index contributed by atoms with van der Waals surface area (Å²) >= 11 is 0. The first kappa shape index (κ1) is 24.0. The summed E-state index contributed by atoms with van der Waals surface area (Å²) in [7, 11) is 6.08. The summed E-state index contributed by atoms with van der Waals surface area (Å²) in [6.45, 7) is 7.28. The molecule has 154 valence electrons. The molecule has 6 nitrogen and oxygen atoms in total. The lowest BCUT2D eigenvalue weighted by atomic mass is 9.88. The molecule has 0 aliphatic carbocycles. The van der Waals surface area contributed by atoms with Crippen molar-refractivity contribution in [3.8, 4) is 5.75 Å². The Morgan fingerprint density at radius 3 is 2.59 bits per heavy atom. The second-order valence-corrected chi connectivity index (χ2v) is 7.28. The zero-order valence-electron chi connectivity index (χ0n) is 17.2. The highest BCUT2D eigenvalue weighted by molar-refractivity contribution is 14.0. The Morgan fingerprint density at radius 2 is 2.00 bits per heavy atom. The van der Waals surface area contributed by atoms with E-state index in [1.807, 2.05) is 12.1 Å². The standard InChI is InChI=1S/C20H34N4O2.HI/c1-16-7-6-8-18(13-16)26-17(2)14-22-19(21-3)23-15-20(24(4)5)9-11-25-12-10-20;/h6-8,13,17H,9-12,14-15H2,1-5H3,(H2,21,22,23);1H. The maximum absolute atomic E-state index is 5.97. The van der Waals surface area contributed by atoms with Crippen LogP contribution in [0.15, 0.2) is 29.3 Å². The van der Waals surface area contributed by atoms with Crippen molar-refractivity contribution in [2.24, 2.45) is 4.99 Å². The van der Waals surface area contributed by atoms with Crippen LogP contribution in [0.2, 0.25) is 0 Å². The third-order valence-corrected chi connectivity index (χ3v) is 5.06. The van der Waals surface area contributed by atoms with Gasteiger partial charge in [-0.1, -0.05) is 12.1 Å². The first-order valence-electron chi connectivity index (χ1n) is 9.38. The van der Waals surface area contributed by atoms with Crippen molar-refractivity contribution in [2.75, 3.05) is 47.4 Å². The minimum absolute atomic E-state index is 0. The lowest BCUT2D eigenvalue weighted by molar-refractivity contribution is -0.00502. The number of aryl methyl sites for hydroxylation is 1. The number of benzene rings is 1. The van der Waals surface area contributed by atoms with Crippen LogP contribution in [0.25, 0.3) is 0 Å². The number of hydrogen-bond donors (Lipinski definition) is 2. The molecule has 1 aromatic rings. The molecule has 1 saturated heterocycles. The van der Waals surface area contributed by atoms with Gasteiger partial charge in [-0.25, -0.2) is 0 Å². The van der Waals surface area contributed by atoms with Crippen LogP contribution in [-0.4, -0.2) is 69.9 Å². The van der Waals surface area contributed by atoms with Gasteiger partial charge in [-0.05, 0) is 58.5 Å². The van der Waals surface area contributed by atoms with E-state index in [9.17, 15) is 0 Å². The summed E-state index contributed by atoms with van der Waals surface area (Å²) < 4.78 is 11.5. The van der Waals surface area contributed by atoms with Crippen LogP contribution in [-0.2, 0) is 4.74 Å². The lowest BCUT2D eigenvalue weighted by Crippen LogP contribution is -2.57. The molecular formula is C20H35IN4O2. The van der Waals surface area contributed by atoms with Crippen molar-refractivity contribution in [2.45, 2.75) is 38.3 Å². The van der Waals surface area contributed by atoms with E-state index >= 15 is 0 Å². The molecule has 0 spiro atoms. The molecule has 0 aromatic heterocycles. The van der Waals surface area contributed by atoms with E-state index in [0.717, 1.165) is 44.3 Å². The summed E-state index contributed by atoms with van der Waals surface area (Å²) in [6, 6.07) is 8.12. The highest BCUT2D eigenvalue weighted by Crippen LogP contribution is 2.25. The van der Waals surface area contributed by atoms with Gasteiger partial charge in [0.25, 0.3) is 0 Å². The molecular weight excluding hydrogens is 455 g/mol. The zero-order chi connectivity index (χ0) is 19.0. The average Bonchev–Trinajstić information content (AvgIpc) is 2.62. The van der Waals surface area contributed by atoms with Crippen molar-refractivity contribution in [1.82, 2.24) is 15.5 Å². The second kappa shape index (κ2) is 11.7. The molecule has 0 saturated carbocycles. The monoisotopic (exact) mass is 490 g/mol. The van der Waals surface area contributed by atoms with Crippen LogP contribution in [0, 0.1) is 6.92 Å². The van der Waals surface area contributed by atoms with Gasteiger partial charge in [-0.15, -0.1) is 24.0 Å². The van der Waals surface area contributed by atoms with E-state index in [1.54, 1.807) is 7.05 Å². The Morgan fingerprint density at radius 1 is 1.30 bits per heavy atom. The molecule has 0 radical (unpaired) electrons. The maximum atomic E-state index is 5.97. The summed E-state index contributed by atoms with van der Waals surface area (Å²) in [5.74, 6) is 1.70. The second-order valence-electron chi connectivity index (χ2n) is 7.28. The fourth-order valence-corrected chi connectivity index (χ4v) is 3.21. The Labute approximate surface area is 181 Å². The van der Waals surface area contributed by atoms with Crippen molar-refractivity contribution in [3.63, 3.8) is 0 Å². The number of halogens is 1. The number of rotatable bonds is 7. The molecule has 1 unspecified atom stereocenters. The number of guanidine groups is 1. The van der Waals surface area contributed by atoms with Gasteiger partial charge in [-0.2, -0.15) is 0 Å². The molecule has 1 atom stereocenters. The fourth-order valence-electron chi connectivity index (χ4n) is 3.21. The van der Waals surface area contributed by atoms with E-state index in [4.69, 9.17) is 9.47 Å². The van der Waals surface area contributed by atoms with Gasteiger partial charge in [0.2, 0.25) is 0 Å². The van der Waals surface area contributed by atoms with Gasteiger partial charge in [0.05, 0.1) is 6.54 Å². The lowest BCUT2D eigenvalue weighted by Gasteiger charge is -2.43. The number of aliphatic imine (C=N–C) groups is 1. The SMILES string of the molecule is CN=C(NCC(C)Oc1cccc(C)c1)NCC1(N(C)C)CCOCC1.I. The van der Waals surface area contributed by atoms with E-state index in [2.05, 4.69) is 60.6 Å². The van der Waals surface area contributed by atoms with E-state index in [0.29, 0.717) is 6.54 Å². The van der Waals surface area contributed by atoms with Crippen LogP contribution in [0.4, 0.5) is 0 Å². The number of nitrogens with zero attached hydrogens (tertiary/aromatic N) is 2. The smallest absolute Gasteiger partial charge is 0.191 e. The predicted octanol–water partition coefficient (Wildman–Crippen LogP) is 2.66. The Hall–Kier alpha value is -1.06. The molecule has 0 bridgehead atoms. The number of likely N-dealkylation sites (N-methyl/N-ethyl adjacent to an activating group) is 1. The van der Waals surface area contributed by atoms with Crippen molar-refractivity contribution in [3.05, 3.63) is 29.8 Å². The van der Waals surface area contributed by atoms with E-state index in [-0.39, 0.29) is 35.6 Å². The molecule has 1 aromatic carbocycles. The van der Waals surface area contributed by atoms with Crippen molar-refractivity contribution in [1.29, 1.82) is 0 Å². The molecule has 27 heavy (non-hydrogen) atoms. The summed E-state index contributed by atoms with van der Waals surface area (Å²) in [6.07, 6.45) is 2.09. The zero-order valence-corrected chi connectivity index (χ0v) is 19.6. The Kier molecular flexibility index (Phi) is 10.4. The molecule has 7 heteroatoms. The third kappa shape index (κ3) is 7.46. The third-order valence-electron chi connectivity index (χ3n) is 5.06. The average molecular weight is 490 g/mol. The molecule has 1 fully saturated rings. The minimum Gasteiger partial charge on any atom is -0.489 e. The topological polar surface area (TPSA) is 58.1 Å². The Bertz CT molecular complexity index is 589. The summed E-state index contributed by atoms with van der Waals surface area (Å²) in [4.78, 5) is 6.65. The van der Waals surface area contributed by atoms with Crippen LogP contribution in [0.3, 0.4) is 0 Å². The first-order valence-corrected chi connectivity index (χ1v) is 9.38. The van der Waals surface area contributed by atoms with Gasteiger partial charge in [-0.3, -0.25) is 4.99 Å². The van der Waals surface area contributed by atoms with Gasteiger partial charge >= 0.3 is 0 Å². The van der Waals surface area contributed by atoms with Crippen LogP contribution in [0.5, 0.6) is 5.75 Å². The molecule has 1 aliphatic rings. The molecule has 2 N–H and O–H groups in total. The van der Waals surface area contributed by atoms with Gasteiger partial charge < -0.3 is 25.0 Å². The largest absolute Gasteiger partial charge is 0.489 e. The highest BCUT2D eigenvalue weighted by atomic mass is 127. The van der Waals surface area contributed by atoms with Crippen molar-refractivity contribution >= 4 is 29.9 Å². The fraction of sp³-hybridized carbons (Fsp3) is 0.650. The van der Waals surface area contributed by atoms with E-state index in [1.165, 1.54) is 5.56 Å². The van der Waals surface area contributed by atoms with Crippen LogP contribution < -0.4 is 15.4 Å². The van der Waals surface area contributed by atoms with Crippen LogP contribution in [0.1, 0.15) is 25.3 Å². The van der Waals surface area contributed by atoms with Crippen molar-refractivity contribution < 1.29 is 9.47 Å². The minimum atomic E-state index is 0. The molecule has 2 rings (SSSR count). The maximum Gasteiger partial charge on any atom is 0.191 e. The number of hydrogen-bond acceptors (Lipinski definition) is 4. The Balaban J connectivity index is 0.00000364. The summed E-state index contributed by atoms with van der Waals surface area (Å²) in [5.41, 5.74) is 1.31. The van der Waals surface area contributed by atoms with E-state index < -0.39 is 0 Å². The predicted molar refractivity (Wildman–Crippen MR) is 123 cm³/mol. The van der Waals surface area contributed by atoms with Crippen LogP contribution >= 0.6 is 24.0 Å². The molecule has 1 aliphatic heterocycles. The van der Waals surface area contributed by atoms with Gasteiger partial charge in [0, 0.05) is 32.3 Å². The quantitative estimate of drug-likeness (QED) is 0.350. The molecule has 0 amide bonds. The summed E-state index contributed by atoms with van der Waals surface area (Å²) in [5, 5.41) is 6.84. The normalized spacial score (nSPS) is 17.8.